The van der Waals surface area contributed by atoms with Crippen molar-refractivity contribution in [3.63, 3.8) is 0 Å². The zero-order valence-electron chi connectivity index (χ0n) is 12.0. The van der Waals surface area contributed by atoms with Crippen LogP contribution in [0.4, 0.5) is 0 Å². The molecule has 0 saturated carbocycles. The summed E-state index contributed by atoms with van der Waals surface area (Å²) in [5, 5.41) is 5.67. The number of rotatable bonds is 2. The molecule has 3 aromatic rings. The predicted octanol–water partition coefficient (Wildman–Crippen LogP) is 4.38. The summed E-state index contributed by atoms with van der Waals surface area (Å²) >= 11 is 12.2. The van der Waals surface area contributed by atoms with Crippen LogP contribution in [0.2, 0.25) is 10.0 Å². The Kier molecular flexibility index (Phi) is 3.63. The molecular formula is C17H12Cl2N4. The van der Waals surface area contributed by atoms with Crippen LogP contribution >= 0.6 is 23.2 Å². The third-order valence-corrected chi connectivity index (χ3v) is 4.44. The second-order valence-electron chi connectivity index (χ2n) is 5.37. The van der Waals surface area contributed by atoms with Gasteiger partial charge in [0.15, 0.2) is 0 Å². The maximum Gasteiger partial charge on any atom is 0.0890 e. The standard InChI is InChI=1S/C17H12Cl2N4/c18-11-2-3-12(13(19)8-11)16-9-15(22-23-16)10-1-4-14-17(7-10)21-6-5-20-14/h1-8,15,22H,9H2. The van der Waals surface area contributed by atoms with E-state index in [4.69, 9.17) is 23.2 Å². The zero-order chi connectivity index (χ0) is 15.8. The Hall–Kier alpha value is -2.17. The van der Waals surface area contributed by atoms with Crippen molar-refractivity contribution in [3.05, 3.63) is 70.0 Å². The van der Waals surface area contributed by atoms with Gasteiger partial charge in [0.25, 0.3) is 0 Å². The highest BCUT2D eigenvalue weighted by molar-refractivity contribution is 6.37. The summed E-state index contributed by atoms with van der Waals surface area (Å²) in [5.41, 5.74) is 7.90. The van der Waals surface area contributed by atoms with E-state index in [0.29, 0.717) is 10.0 Å². The van der Waals surface area contributed by atoms with Crippen molar-refractivity contribution in [1.29, 1.82) is 0 Å². The lowest BCUT2D eigenvalue weighted by Crippen LogP contribution is -2.10. The van der Waals surface area contributed by atoms with Crippen LogP contribution in [-0.2, 0) is 0 Å². The molecule has 1 aliphatic heterocycles. The second kappa shape index (κ2) is 5.80. The molecule has 2 aromatic carbocycles. The first-order valence-corrected chi connectivity index (χ1v) is 7.94. The summed E-state index contributed by atoms with van der Waals surface area (Å²) in [7, 11) is 0. The molecule has 0 saturated heterocycles. The van der Waals surface area contributed by atoms with Crippen LogP contribution in [0.1, 0.15) is 23.6 Å². The number of fused-ring (bicyclic) bond motifs is 1. The van der Waals surface area contributed by atoms with E-state index < -0.39 is 0 Å². The molecule has 1 unspecified atom stereocenters. The molecule has 2 heterocycles. The van der Waals surface area contributed by atoms with E-state index in [2.05, 4.69) is 26.6 Å². The molecule has 114 valence electrons. The van der Waals surface area contributed by atoms with Crippen molar-refractivity contribution in [1.82, 2.24) is 15.4 Å². The number of hydrogen-bond acceptors (Lipinski definition) is 4. The van der Waals surface area contributed by atoms with Crippen LogP contribution in [0, 0.1) is 0 Å². The van der Waals surface area contributed by atoms with Gasteiger partial charge in [-0.1, -0.05) is 35.3 Å². The lowest BCUT2D eigenvalue weighted by molar-refractivity contribution is 0.620. The van der Waals surface area contributed by atoms with Crippen LogP contribution in [0.5, 0.6) is 0 Å². The Morgan fingerprint density at radius 3 is 2.61 bits per heavy atom. The summed E-state index contributed by atoms with van der Waals surface area (Å²) in [5.74, 6) is 0. The normalized spacial score (nSPS) is 17.1. The number of halogens is 2. The molecule has 0 bridgehead atoms. The molecule has 0 spiro atoms. The number of benzene rings is 2. The maximum absolute atomic E-state index is 6.27. The van der Waals surface area contributed by atoms with Crippen molar-refractivity contribution in [2.45, 2.75) is 12.5 Å². The molecule has 1 aromatic heterocycles. The smallest absolute Gasteiger partial charge is 0.0890 e. The summed E-state index contributed by atoms with van der Waals surface area (Å²) in [4.78, 5) is 8.64. The van der Waals surface area contributed by atoms with E-state index in [-0.39, 0.29) is 6.04 Å². The molecule has 1 atom stereocenters. The highest BCUT2D eigenvalue weighted by Crippen LogP contribution is 2.29. The van der Waals surface area contributed by atoms with Crippen molar-refractivity contribution in [2.24, 2.45) is 5.10 Å². The van der Waals surface area contributed by atoms with Gasteiger partial charge in [0.1, 0.15) is 0 Å². The molecule has 1 aliphatic rings. The van der Waals surface area contributed by atoms with Gasteiger partial charge in [-0.05, 0) is 29.8 Å². The first-order valence-electron chi connectivity index (χ1n) is 7.19. The predicted molar refractivity (Wildman–Crippen MR) is 93.0 cm³/mol. The molecule has 0 aliphatic carbocycles. The van der Waals surface area contributed by atoms with Gasteiger partial charge in [-0.2, -0.15) is 5.10 Å². The van der Waals surface area contributed by atoms with Crippen LogP contribution < -0.4 is 5.43 Å². The zero-order valence-corrected chi connectivity index (χ0v) is 13.5. The number of nitrogens with one attached hydrogen (secondary N) is 1. The Morgan fingerprint density at radius 1 is 0.957 bits per heavy atom. The molecule has 4 nitrogen and oxygen atoms in total. The average Bonchev–Trinajstić information content (AvgIpc) is 3.04. The number of aromatic nitrogens is 2. The van der Waals surface area contributed by atoms with Gasteiger partial charge >= 0.3 is 0 Å². The first-order chi connectivity index (χ1) is 11.2. The highest BCUT2D eigenvalue weighted by Gasteiger charge is 2.23. The molecular weight excluding hydrogens is 331 g/mol. The van der Waals surface area contributed by atoms with Gasteiger partial charge in [-0.15, -0.1) is 0 Å². The first kappa shape index (κ1) is 14.4. The van der Waals surface area contributed by atoms with E-state index in [9.17, 15) is 0 Å². The van der Waals surface area contributed by atoms with E-state index >= 15 is 0 Å². The number of nitrogens with zero attached hydrogens (tertiary/aromatic N) is 3. The van der Waals surface area contributed by atoms with Crippen molar-refractivity contribution in [2.75, 3.05) is 0 Å². The molecule has 23 heavy (non-hydrogen) atoms. The van der Waals surface area contributed by atoms with Crippen molar-refractivity contribution < 1.29 is 0 Å². The Bertz CT molecular complexity index is 923. The second-order valence-corrected chi connectivity index (χ2v) is 6.22. The third-order valence-electron chi connectivity index (χ3n) is 3.89. The Morgan fingerprint density at radius 2 is 1.78 bits per heavy atom. The van der Waals surface area contributed by atoms with E-state index in [1.165, 1.54) is 0 Å². The van der Waals surface area contributed by atoms with Crippen molar-refractivity contribution >= 4 is 39.9 Å². The molecule has 0 amide bonds. The lowest BCUT2D eigenvalue weighted by Gasteiger charge is -2.11. The highest BCUT2D eigenvalue weighted by atomic mass is 35.5. The average molecular weight is 343 g/mol. The van der Waals surface area contributed by atoms with Gasteiger partial charge in [0.05, 0.1) is 27.8 Å². The SMILES string of the molecule is Clc1ccc(C2=NNC(c3ccc4nccnc4c3)C2)c(Cl)c1. The van der Waals surface area contributed by atoms with Gasteiger partial charge in [-0.25, -0.2) is 0 Å². The van der Waals surface area contributed by atoms with Gasteiger partial charge in [0.2, 0.25) is 0 Å². The van der Waals surface area contributed by atoms with Crippen LogP contribution in [0.15, 0.2) is 53.9 Å². The minimum atomic E-state index is 0.100. The van der Waals surface area contributed by atoms with Crippen molar-refractivity contribution in [3.8, 4) is 0 Å². The number of hydrogen-bond donors (Lipinski definition) is 1. The Balaban J connectivity index is 1.61. The topological polar surface area (TPSA) is 50.2 Å². The maximum atomic E-state index is 6.27. The third kappa shape index (κ3) is 2.76. The fourth-order valence-corrected chi connectivity index (χ4v) is 3.24. The molecule has 4 rings (SSSR count). The fraction of sp³-hybridized carbons (Fsp3) is 0.118. The quantitative estimate of drug-likeness (QED) is 0.751. The van der Waals surface area contributed by atoms with Crippen LogP contribution in [0.3, 0.4) is 0 Å². The van der Waals surface area contributed by atoms with Crippen LogP contribution in [-0.4, -0.2) is 15.7 Å². The fourth-order valence-electron chi connectivity index (χ4n) is 2.72. The summed E-state index contributed by atoms with van der Waals surface area (Å²) in [6, 6.07) is 11.6. The molecule has 6 heteroatoms. The minimum absolute atomic E-state index is 0.100. The van der Waals surface area contributed by atoms with Gasteiger partial charge < -0.3 is 5.43 Å². The van der Waals surface area contributed by atoms with E-state index in [0.717, 1.165) is 34.3 Å². The van der Waals surface area contributed by atoms with E-state index in [1.54, 1.807) is 18.5 Å². The largest absolute Gasteiger partial charge is 0.302 e. The molecule has 0 fully saturated rings. The molecule has 1 N–H and O–H groups in total. The van der Waals surface area contributed by atoms with Crippen LogP contribution in [0.25, 0.3) is 11.0 Å². The summed E-state index contributed by atoms with van der Waals surface area (Å²) in [6.45, 7) is 0. The summed E-state index contributed by atoms with van der Waals surface area (Å²) < 4.78 is 0. The monoisotopic (exact) mass is 342 g/mol. The minimum Gasteiger partial charge on any atom is -0.302 e. The van der Waals surface area contributed by atoms with Gasteiger partial charge in [-0.3, -0.25) is 9.97 Å². The lowest BCUT2D eigenvalue weighted by atomic mass is 9.99. The Labute approximate surface area is 143 Å². The van der Waals surface area contributed by atoms with Gasteiger partial charge in [0, 0.05) is 29.4 Å². The molecule has 0 radical (unpaired) electrons. The summed E-state index contributed by atoms with van der Waals surface area (Å²) in [6.07, 6.45) is 4.15. The number of hydrazone groups is 1. The van der Waals surface area contributed by atoms with E-state index in [1.807, 2.05) is 24.3 Å².